The SMILES string of the molecule is NS(=O)(=O)[n+]1cc[nH]c1. The van der Waals surface area contributed by atoms with Crippen LogP contribution in [0.25, 0.3) is 0 Å². The molecule has 50 valence electrons. The lowest BCUT2D eigenvalue weighted by atomic mass is 11.0. The van der Waals surface area contributed by atoms with Crippen molar-refractivity contribution in [2.24, 2.45) is 5.14 Å². The van der Waals surface area contributed by atoms with Crippen LogP contribution in [0.4, 0.5) is 0 Å². The smallest absolute Gasteiger partial charge is 0.249 e. The molecule has 0 saturated heterocycles. The molecule has 0 atom stereocenters. The molecule has 1 heterocycles. The van der Waals surface area contributed by atoms with E-state index < -0.39 is 10.2 Å². The molecule has 5 nitrogen and oxygen atoms in total. The zero-order valence-corrected chi connectivity index (χ0v) is 5.30. The molecule has 0 spiro atoms. The van der Waals surface area contributed by atoms with Crippen molar-refractivity contribution in [2.45, 2.75) is 0 Å². The Morgan fingerprint density at radius 1 is 1.56 bits per heavy atom. The molecule has 0 radical (unpaired) electrons. The lowest BCUT2D eigenvalue weighted by molar-refractivity contribution is -0.509. The van der Waals surface area contributed by atoms with Gasteiger partial charge in [-0.1, -0.05) is 0 Å². The Labute approximate surface area is 52.3 Å². The van der Waals surface area contributed by atoms with E-state index in [1.807, 2.05) is 0 Å². The number of rotatable bonds is 1. The van der Waals surface area contributed by atoms with Crippen molar-refractivity contribution in [3.8, 4) is 0 Å². The maximum Gasteiger partial charge on any atom is 0.374 e. The fourth-order valence-electron chi connectivity index (χ4n) is 0.434. The largest absolute Gasteiger partial charge is 0.374 e. The molecular formula is C3H6N3O2S+. The third-order valence-electron chi connectivity index (χ3n) is 0.813. The molecule has 3 N–H and O–H groups in total. The zero-order chi connectivity index (χ0) is 6.91. The van der Waals surface area contributed by atoms with E-state index in [4.69, 9.17) is 5.14 Å². The Morgan fingerprint density at radius 2 is 2.22 bits per heavy atom. The van der Waals surface area contributed by atoms with Crippen LogP contribution in [-0.2, 0) is 10.2 Å². The standard InChI is InChI=1S/C3H5N3O2S/c4-9(7,8)6-2-1-5-3-6/h1-3H,(H2,4,7,8)/p+1. The number of hydrogen-bond donors (Lipinski definition) is 2. The van der Waals surface area contributed by atoms with Crippen LogP contribution in [0.2, 0.25) is 0 Å². The molecule has 9 heavy (non-hydrogen) atoms. The van der Waals surface area contributed by atoms with E-state index in [1.165, 1.54) is 18.7 Å². The van der Waals surface area contributed by atoms with Crippen molar-refractivity contribution in [1.29, 1.82) is 0 Å². The van der Waals surface area contributed by atoms with Crippen LogP contribution in [0.3, 0.4) is 0 Å². The minimum atomic E-state index is -3.57. The van der Waals surface area contributed by atoms with Gasteiger partial charge in [0.05, 0.1) is 0 Å². The Bertz CT molecular complexity index is 274. The predicted octanol–water partition coefficient (Wildman–Crippen LogP) is -1.65. The third-order valence-corrected chi connectivity index (χ3v) is 1.63. The van der Waals surface area contributed by atoms with E-state index in [0.717, 1.165) is 3.97 Å². The van der Waals surface area contributed by atoms with Gasteiger partial charge in [0.25, 0.3) is 6.33 Å². The van der Waals surface area contributed by atoms with Crippen LogP contribution in [-0.4, -0.2) is 13.4 Å². The van der Waals surface area contributed by atoms with Gasteiger partial charge in [0.1, 0.15) is 12.4 Å². The summed E-state index contributed by atoms with van der Waals surface area (Å²) in [4.78, 5) is 2.54. The van der Waals surface area contributed by atoms with E-state index >= 15 is 0 Å². The molecule has 0 aromatic carbocycles. The van der Waals surface area contributed by atoms with Crippen LogP contribution in [0, 0.1) is 0 Å². The number of nitrogens with one attached hydrogen (secondary N) is 1. The predicted molar refractivity (Wildman–Crippen MR) is 29.5 cm³/mol. The van der Waals surface area contributed by atoms with Gasteiger partial charge in [0.2, 0.25) is 0 Å². The number of nitrogens with zero attached hydrogens (tertiary/aromatic N) is 1. The first-order valence-electron chi connectivity index (χ1n) is 2.18. The average molecular weight is 148 g/mol. The first kappa shape index (κ1) is 6.24. The number of H-pyrrole nitrogens is 1. The summed E-state index contributed by atoms with van der Waals surface area (Å²) >= 11 is 0. The molecule has 0 amide bonds. The summed E-state index contributed by atoms with van der Waals surface area (Å²) in [5, 5.41) is 4.72. The summed E-state index contributed by atoms with van der Waals surface area (Å²) in [7, 11) is -3.57. The second kappa shape index (κ2) is 1.82. The van der Waals surface area contributed by atoms with Gasteiger partial charge in [-0.3, -0.25) is 0 Å². The molecule has 0 bridgehead atoms. The highest BCUT2D eigenvalue weighted by molar-refractivity contribution is 7.82. The van der Waals surface area contributed by atoms with Gasteiger partial charge in [0, 0.05) is 0 Å². The second-order valence-electron chi connectivity index (χ2n) is 1.49. The highest BCUT2D eigenvalue weighted by Crippen LogP contribution is 1.70. The minimum Gasteiger partial charge on any atom is -0.249 e. The zero-order valence-electron chi connectivity index (χ0n) is 4.48. The highest BCUT2D eigenvalue weighted by atomic mass is 32.2. The monoisotopic (exact) mass is 148 g/mol. The molecule has 0 saturated carbocycles. The van der Waals surface area contributed by atoms with Crippen molar-refractivity contribution in [3.05, 3.63) is 18.7 Å². The summed E-state index contributed by atoms with van der Waals surface area (Å²) in [6, 6.07) is 0. The molecule has 0 unspecified atom stereocenters. The maximum absolute atomic E-state index is 10.4. The summed E-state index contributed by atoms with van der Waals surface area (Å²) in [5.41, 5.74) is 0. The van der Waals surface area contributed by atoms with Crippen LogP contribution in [0.5, 0.6) is 0 Å². The van der Waals surface area contributed by atoms with Crippen molar-refractivity contribution in [1.82, 2.24) is 4.98 Å². The van der Waals surface area contributed by atoms with Crippen LogP contribution >= 0.6 is 0 Å². The molecule has 1 rings (SSSR count). The van der Waals surface area contributed by atoms with Gasteiger partial charge in [-0.25, -0.2) is 4.98 Å². The number of aromatic nitrogens is 2. The molecule has 0 aliphatic heterocycles. The number of hydrogen-bond acceptors (Lipinski definition) is 2. The lowest BCUT2D eigenvalue weighted by Crippen LogP contribution is -2.45. The van der Waals surface area contributed by atoms with Crippen molar-refractivity contribution in [2.75, 3.05) is 0 Å². The van der Waals surface area contributed by atoms with Crippen LogP contribution < -0.4 is 9.11 Å². The second-order valence-corrected chi connectivity index (χ2v) is 2.94. The first-order valence-corrected chi connectivity index (χ1v) is 3.68. The minimum absolute atomic E-state index is 0.882. The molecule has 1 aromatic heterocycles. The van der Waals surface area contributed by atoms with Crippen molar-refractivity contribution in [3.63, 3.8) is 0 Å². The van der Waals surface area contributed by atoms with Gasteiger partial charge in [-0.05, 0) is 0 Å². The van der Waals surface area contributed by atoms with Crippen molar-refractivity contribution < 1.29 is 12.4 Å². The number of imidazole rings is 1. The average Bonchev–Trinajstić information content (AvgIpc) is 2.08. The molecular weight excluding hydrogens is 142 g/mol. The van der Waals surface area contributed by atoms with E-state index in [-0.39, 0.29) is 0 Å². The quantitative estimate of drug-likeness (QED) is 0.468. The first-order chi connectivity index (χ1) is 4.11. The van der Waals surface area contributed by atoms with Gasteiger partial charge in [0.15, 0.2) is 0 Å². The number of aromatic amines is 1. The van der Waals surface area contributed by atoms with E-state index in [1.54, 1.807) is 0 Å². The van der Waals surface area contributed by atoms with E-state index in [9.17, 15) is 8.42 Å². The molecule has 6 heteroatoms. The fourth-order valence-corrected chi connectivity index (χ4v) is 0.873. The van der Waals surface area contributed by atoms with Gasteiger partial charge in [-0.2, -0.15) is 13.6 Å². The van der Waals surface area contributed by atoms with Crippen LogP contribution in [0.15, 0.2) is 18.7 Å². The molecule has 0 fully saturated rings. The molecule has 0 aliphatic carbocycles. The van der Waals surface area contributed by atoms with Gasteiger partial charge in [-0.15, -0.1) is 3.97 Å². The number of nitrogens with two attached hydrogens (primary N) is 1. The Balaban J connectivity index is 3.20. The van der Waals surface area contributed by atoms with Crippen LogP contribution in [0.1, 0.15) is 0 Å². The van der Waals surface area contributed by atoms with E-state index in [2.05, 4.69) is 4.98 Å². The summed E-state index contributed by atoms with van der Waals surface area (Å²) in [5.74, 6) is 0. The Hall–Kier alpha value is -0.880. The topological polar surface area (TPSA) is 79.8 Å². The molecule has 0 aliphatic rings. The van der Waals surface area contributed by atoms with Gasteiger partial charge < -0.3 is 0 Å². The van der Waals surface area contributed by atoms with Crippen molar-refractivity contribution >= 4 is 10.2 Å². The van der Waals surface area contributed by atoms with E-state index in [0.29, 0.717) is 0 Å². The Kier molecular flexibility index (Phi) is 1.26. The normalized spacial score (nSPS) is 11.7. The lowest BCUT2D eigenvalue weighted by Gasteiger charge is -1.84. The molecule has 1 aromatic rings. The summed E-state index contributed by atoms with van der Waals surface area (Å²) < 4.78 is 21.7. The highest BCUT2D eigenvalue weighted by Gasteiger charge is 2.08. The fraction of sp³-hybridized carbons (Fsp3) is 0. The maximum atomic E-state index is 10.4. The summed E-state index contributed by atoms with van der Waals surface area (Å²) in [6.45, 7) is 0. The van der Waals surface area contributed by atoms with Gasteiger partial charge >= 0.3 is 10.2 Å². The summed E-state index contributed by atoms with van der Waals surface area (Å²) in [6.07, 6.45) is 4.02. The Morgan fingerprint density at radius 3 is 2.44 bits per heavy atom. The third kappa shape index (κ3) is 1.27.